The fourth-order valence-corrected chi connectivity index (χ4v) is 3.81. The highest BCUT2D eigenvalue weighted by molar-refractivity contribution is 5.95. The lowest BCUT2D eigenvalue weighted by atomic mass is 9.98. The molecule has 1 aromatic carbocycles. The lowest BCUT2D eigenvalue weighted by molar-refractivity contribution is 0.0695. The van der Waals surface area contributed by atoms with Gasteiger partial charge in [0.1, 0.15) is 5.56 Å². The van der Waals surface area contributed by atoms with Gasteiger partial charge in [-0.2, -0.15) is 5.26 Å². The van der Waals surface area contributed by atoms with Crippen molar-refractivity contribution in [2.45, 2.75) is 32.7 Å². The Labute approximate surface area is 176 Å². The van der Waals surface area contributed by atoms with E-state index in [0.717, 1.165) is 18.4 Å². The number of aryl methyl sites for hydroxylation is 3. The summed E-state index contributed by atoms with van der Waals surface area (Å²) in [6, 6.07) is 9.70. The van der Waals surface area contributed by atoms with Gasteiger partial charge in [-0.1, -0.05) is 6.07 Å². The lowest BCUT2D eigenvalue weighted by Gasteiger charge is -2.30. The van der Waals surface area contributed by atoms with Gasteiger partial charge < -0.3 is 18.9 Å². The molecule has 3 rings (SSSR count). The topological polar surface area (TPSA) is 84.6 Å². The molecule has 0 bridgehead atoms. The predicted octanol–water partition coefficient (Wildman–Crippen LogP) is 2.79. The number of methoxy groups -OCH3 is 2. The van der Waals surface area contributed by atoms with E-state index >= 15 is 0 Å². The molecule has 0 radical (unpaired) electrons. The predicted molar refractivity (Wildman–Crippen MR) is 113 cm³/mol. The van der Waals surface area contributed by atoms with Crippen LogP contribution in [0.25, 0.3) is 0 Å². The molecule has 2 heterocycles. The highest BCUT2D eigenvalue weighted by Gasteiger charge is 2.27. The summed E-state index contributed by atoms with van der Waals surface area (Å²) in [6.45, 7) is 3.18. The first-order valence-electron chi connectivity index (χ1n) is 10.1. The van der Waals surface area contributed by atoms with Crippen LogP contribution in [0.15, 0.2) is 35.3 Å². The Bertz CT molecular complexity index is 1020. The molecular formula is C23H27N3O4. The smallest absolute Gasteiger partial charge is 0.263 e. The summed E-state index contributed by atoms with van der Waals surface area (Å²) >= 11 is 0. The first-order chi connectivity index (χ1) is 14.5. The number of hydrogen-bond acceptors (Lipinski definition) is 5. The second-order valence-corrected chi connectivity index (χ2v) is 7.53. The average Bonchev–Trinajstić information content (AvgIpc) is 2.78. The molecule has 2 aromatic rings. The molecule has 0 aliphatic carbocycles. The maximum absolute atomic E-state index is 13.1. The molecule has 1 saturated heterocycles. The van der Waals surface area contributed by atoms with Crippen LogP contribution in [0.3, 0.4) is 0 Å². The number of aromatic nitrogens is 1. The molecule has 158 valence electrons. The Hall–Kier alpha value is -3.27. The number of ether oxygens (including phenoxy) is 2. The zero-order chi connectivity index (χ0) is 21.7. The van der Waals surface area contributed by atoms with Gasteiger partial charge in [-0.3, -0.25) is 9.59 Å². The maximum Gasteiger partial charge on any atom is 0.263 e. The van der Waals surface area contributed by atoms with Crippen molar-refractivity contribution in [3.8, 4) is 17.6 Å². The van der Waals surface area contributed by atoms with Crippen molar-refractivity contribution in [2.75, 3.05) is 27.3 Å². The van der Waals surface area contributed by atoms with Crippen LogP contribution in [0.2, 0.25) is 0 Å². The minimum absolute atomic E-state index is 0.168. The lowest BCUT2D eigenvalue weighted by Crippen LogP contribution is -2.42. The molecule has 1 unspecified atom stereocenters. The number of piperidine rings is 1. The number of benzene rings is 1. The Morgan fingerprint density at radius 3 is 2.70 bits per heavy atom. The molecule has 30 heavy (non-hydrogen) atoms. The first kappa shape index (κ1) is 21.4. The third-order valence-electron chi connectivity index (χ3n) is 5.57. The van der Waals surface area contributed by atoms with E-state index in [9.17, 15) is 14.9 Å². The van der Waals surface area contributed by atoms with Crippen LogP contribution in [-0.4, -0.2) is 42.7 Å². The first-order valence-corrected chi connectivity index (χ1v) is 10.1. The molecule has 7 heteroatoms. The summed E-state index contributed by atoms with van der Waals surface area (Å²) < 4.78 is 12.2. The number of rotatable bonds is 6. The van der Waals surface area contributed by atoms with Crippen molar-refractivity contribution >= 4 is 5.91 Å². The van der Waals surface area contributed by atoms with Crippen LogP contribution in [0.4, 0.5) is 0 Å². The average molecular weight is 409 g/mol. The number of nitrogens with zero attached hydrogens (tertiary/aromatic N) is 3. The molecule has 1 aliphatic heterocycles. The Morgan fingerprint density at radius 2 is 2.00 bits per heavy atom. The van der Waals surface area contributed by atoms with E-state index < -0.39 is 0 Å². The van der Waals surface area contributed by atoms with E-state index in [4.69, 9.17) is 9.47 Å². The molecule has 1 aromatic heterocycles. The minimum Gasteiger partial charge on any atom is -0.493 e. The quantitative estimate of drug-likeness (QED) is 0.732. The van der Waals surface area contributed by atoms with Gasteiger partial charge in [0.05, 0.1) is 26.2 Å². The van der Waals surface area contributed by atoms with E-state index in [0.29, 0.717) is 43.1 Å². The van der Waals surface area contributed by atoms with Crippen molar-refractivity contribution in [3.63, 3.8) is 0 Å². The number of carbonyl (C=O) groups excluding carboxylic acids is 1. The zero-order valence-electron chi connectivity index (χ0n) is 17.7. The molecular weight excluding hydrogens is 382 g/mol. The van der Waals surface area contributed by atoms with E-state index in [1.807, 2.05) is 18.2 Å². The number of nitriles is 1. The van der Waals surface area contributed by atoms with E-state index in [-0.39, 0.29) is 22.9 Å². The van der Waals surface area contributed by atoms with Crippen molar-refractivity contribution in [3.05, 3.63) is 57.5 Å². The number of pyridine rings is 1. The maximum atomic E-state index is 13.1. The van der Waals surface area contributed by atoms with Crippen LogP contribution < -0.4 is 15.0 Å². The SMILES string of the molecule is COc1ccc(CCn2ccc(C)c(C(=O)N3CCCC(C#N)C3)c2=O)cc1OC. The highest BCUT2D eigenvalue weighted by atomic mass is 16.5. The van der Waals surface area contributed by atoms with Crippen LogP contribution >= 0.6 is 0 Å². The molecule has 1 fully saturated rings. The fourth-order valence-electron chi connectivity index (χ4n) is 3.81. The molecule has 1 amide bonds. The molecule has 1 atom stereocenters. The third kappa shape index (κ3) is 4.48. The van der Waals surface area contributed by atoms with Crippen LogP contribution in [0, 0.1) is 24.2 Å². The Balaban J connectivity index is 1.80. The molecule has 1 aliphatic rings. The molecule has 0 spiro atoms. The van der Waals surface area contributed by atoms with Gasteiger partial charge in [-0.25, -0.2) is 0 Å². The summed E-state index contributed by atoms with van der Waals surface area (Å²) in [5, 5.41) is 9.19. The van der Waals surface area contributed by atoms with Crippen molar-refractivity contribution in [1.29, 1.82) is 5.26 Å². The van der Waals surface area contributed by atoms with Gasteiger partial charge >= 0.3 is 0 Å². The summed E-state index contributed by atoms with van der Waals surface area (Å²) in [4.78, 5) is 27.8. The van der Waals surface area contributed by atoms with Gasteiger partial charge in [-0.05, 0) is 55.5 Å². The van der Waals surface area contributed by atoms with Gasteiger partial charge in [0.2, 0.25) is 0 Å². The summed E-state index contributed by atoms with van der Waals surface area (Å²) in [5.74, 6) is 0.843. The minimum atomic E-state index is -0.292. The van der Waals surface area contributed by atoms with Crippen molar-refractivity contribution < 1.29 is 14.3 Å². The summed E-state index contributed by atoms with van der Waals surface area (Å²) in [7, 11) is 3.17. The monoisotopic (exact) mass is 409 g/mol. The van der Waals surface area contributed by atoms with E-state index in [2.05, 4.69) is 6.07 Å². The van der Waals surface area contributed by atoms with Crippen molar-refractivity contribution in [1.82, 2.24) is 9.47 Å². The number of carbonyl (C=O) groups is 1. The summed E-state index contributed by atoms with van der Waals surface area (Å²) in [6.07, 6.45) is 3.91. The molecule has 0 saturated carbocycles. The molecule has 0 N–H and O–H groups in total. The van der Waals surface area contributed by atoms with Gasteiger partial charge in [0.15, 0.2) is 11.5 Å². The van der Waals surface area contributed by atoms with E-state index in [1.165, 1.54) is 0 Å². The third-order valence-corrected chi connectivity index (χ3v) is 5.57. The Kier molecular flexibility index (Phi) is 6.78. The Morgan fingerprint density at radius 1 is 1.23 bits per heavy atom. The summed E-state index contributed by atoms with van der Waals surface area (Å²) in [5.41, 5.74) is 1.57. The number of hydrogen-bond donors (Lipinski definition) is 0. The second-order valence-electron chi connectivity index (χ2n) is 7.53. The van der Waals surface area contributed by atoms with Gasteiger partial charge in [0.25, 0.3) is 11.5 Å². The van der Waals surface area contributed by atoms with Crippen LogP contribution in [-0.2, 0) is 13.0 Å². The fraction of sp³-hybridized carbons (Fsp3) is 0.435. The van der Waals surface area contributed by atoms with E-state index in [1.54, 1.807) is 42.9 Å². The van der Waals surface area contributed by atoms with Crippen LogP contribution in [0.5, 0.6) is 11.5 Å². The number of likely N-dealkylation sites (tertiary alicyclic amines) is 1. The second kappa shape index (κ2) is 9.49. The van der Waals surface area contributed by atoms with Gasteiger partial charge in [0, 0.05) is 25.8 Å². The molecule has 7 nitrogen and oxygen atoms in total. The van der Waals surface area contributed by atoms with Crippen LogP contribution in [0.1, 0.15) is 34.3 Å². The van der Waals surface area contributed by atoms with Gasteiger partial charge in [-0.15, -0.1) is 0 Å². The van der Waals surface area contributed by atoms with Crippen molar-refractivity contribution in [2.24, 2.45) is 5.92 Å². The number of amides is 1. The standard InChI is InChI=1S/C23H27N3O4/c1-16-8-11-25(12-9-17-6-7-19(29-2)20(13-17)30-3)22(27)21(16)23(28)26-10-4-5-18(14-24)15-26/h6-8,11,13,18H,4-5,9-10,12,15H2,1-3H3. The largest absolute Gasteiger partial charge is 0.493 e. The highest BCUT2D eigenvalue weighted by Crippen LogP contribution is 2.27. The zero-order valence-corrected chi connectivity index (χ0v) is 17.7. The normalized spacial score (nSPS) is 16.1.